The fourth-order valence-electron chi connectivity index (χ4n) is 0.589. The first-order chi connectivity index (χ1) is 6.50. The Morgan fingerprint density at radius 1 is 0.867 bits per heavy atom. The van der Waals surface area contributed by atoms with Crippen LogP contribution in [0.4, 0.5) is 0 Å². The molecule has 12 heteroatoms. The standard InChI is InChI=1S/C3H8N2.2H2O4S/c1-2-5-3-4-1;2*1-5(2,3)4/h4-5H,1-3H2;2*(H2,1,2,3,4). The molecule has 0 spiro atoms. The Morgan fingerprint density at radius 3 is 1.13 bits per heavy atom. The van der Waals surface area contributed by atoms with Crippen LogP contribution in [0.25, 0.3) is 0 Å². The molecule has 94 valence electrons. The maximum Gasteiger partial charge on any atom is 0.215 e. The predicted molar refractivity (Wildman–Crippen MR) is 43.1 cm³/mol. The third-order valence-electron chi connectivity index (χ3n) is 0.908. The van der Waals surface area contributed by atoms with Crippen molar-refractivity contribution in [3.05, 3.63) is 0 Å². The minimum absolute atomic E-state index is 1.25. The monoisotopic (exact) mass is 268 g/mol. The molecule has 0 amide bonds. The number of quaternary nitrogens is 2. The highest BCUT2D eigenvalue weighted by Crippen LogP contribution is 1.58. The zero-order valence-corrected chi connectivity index (χ0v) is 9.07. The fraction of sp³-hybridized carbons (Fsp3) is 1.00. The molecule has 1 fully saturated rings. The van der Waals surface area contributed by atoms with Gasteiger partial charge in [0.15, 0.2) is 0 Å². The summed E-state index contributed by atoms with van der Waals surface area (Å²) in [7, 11) is -9.83. The topological polar surface area (TPSA) is 188 Å². The van der Waals surface area contributed by atoms with Crippen molar-refractivity contribution in [3.63, 3.8) is 0 Å². The van der Waals surface area contributed by atoms with Gasteiger partial charge in [0.25, 0.3) is 0 Å². The zero-order valence-electron chi connectivity index (χ0n) is 7.44. The summed E-state index contributed by atoms with van der Waals surface area (Å²) in [5.41, 5.74) is 0. The summed E-state index contributed by atoms with van der Waals surface area (Å²) < 4.78 is 65.7. The summed E-state index contributed by atoms with van der Waals surface area (Å²) in [6.07, 6.45) is 0. The van der Waals surface area contributed by atoms with Gasteiger partial charge in [-0.1, -0.05) is 0 Å². The molecule has 15 heavy (non-hydrogen) atoms. The van der Waals surface area contributed by atoms with Gasteiger partial charge in [0.1, 0.15) is 13.1 Å². The molecular weight excluding hydrogens is 256 g/mol. The van der Waals surface area contributed by atoms with Gasteiger partial charge in [-0.25, -0.2) is 16.8 Å². The van der Waals surface area contributed by atoms with E-state index in [1.807, 2.05) is 0 Å². The third kappa shape index (κ3) is 85.5. The van der Waals surface area contributed by atoms with Crippen LogP contribution >= 0.6 is 0 Å². The van der Waals surface area contributed by atoms with Gasteiger partial charge < -0.3 is 9.11 Å². The van der Waals surface area contributed by atoms with Crippen molar-refractivity contribution in [2.45, 2.75) is 0 Å². The lowest BCUT2D eigenvalue weighted by molar-refractivity contribution is -0.785. The van der Waals surface area contributed by atoms with Crippen molar-refractivity contribution in [1.82, 2.24) is 0 Å². The van der Waals surface area contributed by atoms with Crippen LogP contribution < -0.4 is 10.6 Å². The Bertz CT molecular complexity index is 275. The molecule has 1 saturated heterocycles. The van der Waals surface area contributed by atoms with Gasteiger partial charge >= 0.3 is 0 Å². The Morgan fingerprint density at radius 2 is 1.07 bits per heavy atom. The summed E-state index contributed by atoms with van der Waals surface area (Å²) in [6.45, 7) is 3.89. The summed E-state index contributed by atoms with van der Waals surface area (Å²) >= 11 is 0. The fourth-order valence-corrected chi connectivity index (χ4v) is 0.589. The SMILES string of the molecule is C1C[NH2+]C[NH2+]1.O=S(=O)([O-])O.O=S(=O)([O-])O. The number of hydrogen-bond acceptors (Lipinski definition) is 6. The lowest BCUT2D eigenvalue weighted by Crippen LogP contribution is -2.95. The maximum atomic E-state index is 8.63. The minimum atomic E-state index is -4.92. The molecular formula is C3H12N2O8S2. The Kier molecular flexibility index (Phi) is 8.98. The molecule has 0 bridgehead atoms. The average molecular weight is 268 g/mol. The molecule has 0 aliphatic carbocycles. The quantitative estimate of drug-likeness (QED) is 0.248. The summed E-state index contributed by atoms with van der Waals surface area (Å²) in [4.78, 5) is 0. The van der Waals surface area contributed by atoms with Crippen molar-refractivity contribution in [2.24, 2.45) is 0 Å². The highest BCUT2D eigenvalue weighted by Gasteiger charge is 1.99. The van der Waals surface area contributed by atoms with E-state index in [2.05, 4.69) is 10.6 Å². The van der Waals surface area contributed by atoms with Gasteiger partial charge in [-0.15, -0.1) is 0 Å². The summed E-state index contributed by atoms with van der Waals surface area (Å²) in [5, 5.41) is 4.61. The average Bonchev–Trinajstić information content (AvgIpc) is 2.28. The smallest absolute Gasteiger partial charge is 0.215 e. The van der Waals surface area contributed by atoms with Crippen LogP contribution in [0.3, 0.4) is 0 Å². The number of hydrogen-bond donors (Lipinski definition) is 4. The van der Waals surface area contributed by atoms with E-state index in [0.717, 1.165) is 0 Å². The number of nitrogens with two attached hydrogens (primary N) is 2. The van der Waals surface area contributed by atoms with Gasteiger partial charge in [0.2, 0.25) is 27.5 Å². The van der Waals surface area contributed by atoms with Crippen LogP contribution in [-0.2, 0) is 20.8 Å². The van der Waals surface area contributed by atoms with Crippen molar-refractivity contribution in [1.29, 1.82) is 0 Å². The predicted octanol–water partition coefficient (Wildman–Crippen LogP) is -4.91. The molecule has 0 aromatic carbocycles. The molecule has 0 saturated carbocycles. The van der Waals surface area contributed by atoms with Crippen molar-refractivity contribution >= 4 is 20.8 Å². The van der Waals surface area contributed by atoms with E-state index in [1.54, 1.807) is 0 Å². The molecule has 0 aromatic heterocycles. The van der Waals surface area contributed by atoms with Crippen LogP contribution in [0.2, 0.25) is 0 Å². The molecule has 0 radical (unpaired) electrons. The summed E-state index contributed by atoms with van der Waals surface area (Å²) in [6, 6.07) is 0. The van der Waals surface area contributed by atoms with E-state index < -0.39 is 20.8 Å². The molecule has 0 atom stereocenters. The Hall–Kier alpha value is -0.340. The highest BCUT2D eigenvalue weighted by atomic mass is 32.3. The molecule has 10 nitrogen and oxygen atoms in total. The van der Waals surface area contributed by atoms with E-state index in [9.17, 15) is 0 Å². The first kappa shape index (κ1) is 17.1. The second kappa shape index (κ2) is 7.89. The minimum Gasteiger partial charge on any atom is -0.726 e. The number of rotatable bonds is 0. The van der Waals surface area contributed by atoms with E-state index in [4.69, 9.17) is 35.0 Å². The lowest BCUT2D eigenvalue weighted by Gasteiger charge is -1.88. The van der Waals surface area contributed by atoms with Crippen molar-refractivity contribution < 1.29 is 45.7 Å². The van der Waals surface area contributed by atoms with Gasteiger partial charge in [-0.05, 0) is 0 Å². The van der Waals surface area contributed by atoms with Crippen molar-refractivity contribution in [3.8, 4) is 0 Å². The van der Waals surface area contributed by atoms with Crippen LogP contribution in [0, 0.1) is 0 Å². The molecule has 0 aromatic rings. The highest BCUT2D eigenvalue weighted by molar-refractivity contribution is 7.80. The Balaban J connectivity index is 0. The second-order valence-electron chi connectivity index (χ2n) is 2.25. The Labute approximate surface area is 86.8 Å². The van der Waals surface area contributed by atoms with Gasteiger partial charge in [-0.3, -0.25) is 19.7 Å². The molecule has 1 aliphatic rings. The van der Waals surface area contributed by atoms with Crippen LogP contribution in [0.1, 0.15) is 0 Å². The van der Waals surface area contributed by atoms with Crippen molar-refractivity contribution in [2.75, 3.05) is 19.8 Å². The van der Waals surface area contributed by atoms with Crippen LogP contribution in [-0.4, -0.2) is 54.8 Å². The largest absolute Gasteiger partial charge is 0.726 e. The first-order valence-corrected chi connectivity index (χ1v) is 6.23. The van der Waals surface area contributed by atoms with Gasteiger partial charge in [-0.2, -0.15) is 0 Å². The molecule has 1 aliphatic heterocycles. The van der Waals surface area contributed by atoms with Crippen LogP contribution in [0.5, 0.6) is 0 Å². The van der Waals surface area contributed by atoms with Crippen LogP contribution in [0.15, 0.2) is 0 Å². The lowest BCUT2D eigenvalue weighted by atomic mass is 10.7. The van der Waals surface area contributed by atoms with Gasteiger partial charge in [0.05, 0.1) is 0 Å². The van der Waals surface area contributed by atoms with E-state index in [1.165, 1.54) is 19.8 Å². The molecule has 1 heterocycles. The molecule has 6 N–H and O–H groups in total. The normalized spacial score (nSPS) is 15.7. The first-order valence-electron chi connectivity index (χ1n) is 3.50. The third-order valence-corrected chi connectivity index (χ3v) is 0.908. The van der Waals surface area contributed by atoms with E-state index in [-0.39, 0.29) is 0 Å². The molecule has 0 unspecified atom stereocenters. The maximum absolute atomic E-state index is 8.63. The summed E-state index contributed by atoms with van der Waals surface area (Å²) in [5.74, 6) is 0. The van der Waals surface area contributed by atoms with Gasteiger partial charge in [0, 0.05) is 0 Å². The second-order valence-corrected chi connectivity index (χ2v) is 3.96. The zero-order chi connectivity index (χ0) is 12.5. The van der Waals surface area contributed by atoms with E-state index in [0.29, 0.717) is 0 Å². The van der Waals surface area contributed by atoms with E-state index >= 15 is 0 Å². The molecule has 1 rings (SSSR count).